The first-order chi connectivity index (χ1) is 14.7. The lowest BCUT2D eigenvalue weighted by atomic mass is 9.96. The number of nitrogens with zero attached hydrogens (tertiary/aromatic N) is 1. The van der Waals surface area contributed by atoms with Crippen LogP contribution in [0.5, 0.6) is 5.75 Å². The van der Waals surface area contributed by atoms with Gasteiger partial charge in [-0.2, -0.15) is 0 Å². The number of hydrogen-bond acceptors (Lipinski definition) is 5. The number of benzene rings is 1. The van der Waals surface area contributed by atoms with Gasteiger partial charge in [0, 0.05) is 38.2 Å². The molecule has 2 N–H and O–H groups in total. The molecule has 8 nitrogen and oxygen atoms in total. The van der Waals surface area contributed by atoms with Crippen LogP contribution in [0, 0.1) is 5.92 Å². The Bertz CT molecular complexity index is 752. The van der Waals surface area contributed by atoms with Gasteiger partial charge in [0.1, 0.15) is 11.4 Å². The molecule has 0 bridgehead atoms. The van der Waals surface area contributed by atoms with E-state index < -0.39 is 11.7 Å². The van der Waals surface area contributed by atoms with E-state index in [1.165, 1.54) is 0 Å². The smallest absolute Gasteiger partial charge is 0.407 e. The van der Waals surface area contributed by atoms with Crippen molar-refractivity contribution in [2.24, 2.45) is 5.92 Å². The van der Waals surface area contributed by atoms with Crippen LogP contribution in [0.4, 0.5) is 4.79 Å². The summed E-state index contributed by atoms with van der Waals surface area (Å²) in [6.45, 7) is 7.58. The molecular formula is C23H35N3O5. The second-order valence-electron chi connectivity index (χ2n) is 8.80. The minimum Gasteiger partial charge on any atom is -0.496 e. The second kappa shape index (κ2) is 11.6. The van der Waals surface area contributed by atoms with E-state index in [1.54, 1.807) is 27.9 Å². The standard InChI is InChI=1S/C23H35N3O5/c1-23(2,3)31-22(29)24-12-9-21(28)26-13-10-17(11-14-26)16-25-20(27)15-18-7-5-6-8-19(18)30-4/h5-8,17H,9-16H2,1-4H3,(H,24,29)(H,25,27). The van der Waals surface area contributed by atoms with E-state index in [2.05, 4.69) is 10.6 Å². The van der Waals surface area contributed by atoms with E-state index >= 15 is 0 Å². The van der Waals surface area contributed by atoms with Gasteiger partial charge in [0.25, 0.3) is 0 Å². The molecule has 2 rings (SSSR count). The molecule has 31 heavy (non-hydrogen) atoms. The molecule has 1 saturated heterocycles. The predicted molar refractivity (Wildman–Crippen MR) is 118 cm³/mol. The quantitative estimate of drug-likeness (QED) is 0.657. The van der Waals surface area contributed by atoms with Crippen molar-refractivity contribution in [3.8, 4) is 5.75 Å². The van der Waals surface area contributed by atoms with Crippen molar-refractivity contribution >= 4 is 17.9 Å². The van der Waals surface area contributed by atoms with E-state index in [9.17, 15) is 14.4 Å². The van der Waals surface area contributed by atoms with Gasteiger partial charge in [-0.25, -0.2) is 4.79 Å². The van der Waals surface area contributed by atoms with Crippen molar-refractivity contribution in [1.29, 1.82) is 0 Å². The number of amides is 3. The molecule has 0 spiro atoms. The molecule has 1 aromatic rings. The van der Waals surface area contributed by atoms with Crippen LogP contribution in [0.1, 0.15) is 45.6 Å². The highest BCUT2D eigenvalue weighted by Gasteiger charge is 2.23. The minimum atomic E-state index is -0.557. The monoisotopic (exact) mass is 433 g/mol. The third-order valence-corrected chi connectivity index (χ3v) is 5.11. The molecule has 1 fully saturated rings. The maximum Gasteiger partial charge on any atom is 0.407 e. The highest BCUT2D eigenvalue weighted by atomic mass is 16.6. The molecule has 0 atom stereocenters. The van der Waals surface area contributed by atoms with Gasteiger partial charge in [0.05, 0.1) is 13.5 Å². The average molecular weight is 434 g/mol. The lowest BCUT2D eigenvalue weighted by Crippen LogP contribution is -2.43. The van der Waals surface area contributed by atoms with Crippen molar-refractivity contribution < 1.29 is 23.9 Å². The van der Waals surface area contributed by atoms with E-state index in [0.717, 1.165) is 18.4 Å². The maximum absolute atomic E-state index is 12.4. The minimum absolute atomic E-state index is 0.0229. The van der Waals surface area contributed by atoms with Gasteiger partial charge in [-0.05, 0) is 45.6 Å². The third-order valence-electron chi connectivity index (χ3n) is 5.11. The van der Waals surface area contributed by atoms with E-state index in [1.807, 2.05) is 29.2 Å². The Balaban J connectivity index is 1.64. The first-order valence-corrected chi connectivity index (χ1v) is 10.8. The number of piperidine rings is 1. The van der Waals surface area contributed by atoms with Crippen LogP contribution >= 0.6 is 0 Å². The van der Waals surface area contributed by atoms with Crippen molar-refractivity contribution in [3.63, 3.8) is 0 Å². The Kier molecular flexibility index (Phi) is 9.15. The molecule has 0 radical (unpaired) electrons. The summed E-state index contributed by atoms with van der Waals surface area (Å²) in [6, 6.07) is 7.50. The summed E-state index contributed by atoms with van der Waals surface area (Å²) in [5, 5.41) is 5.62. The molecule has 172 valence electrons. The van der Waals surface area contributed by atoms with Gasteiger partial charge < -0.3 is 25.0 Å². The van der Waals surface area contributed by atoms with Crippen molar-refractivity contribution in [2.75, 3.05) is 33.3 Å². The summed E-state index contributed by atoms with van der Waals surface area (Å²) in [4.78, 5) is 38.1. The predicted octanol–water partition coefficient (Wildman–Crippen LogP) is 2.51. The zero-order valence-corrected chi connectivity index (χ0v) is 19.0. The fourth-order valence-corrected chi connectivity index (χ4v) is 3.47. The molecule has 0 aromatic heterocycles. The lowest BCUT2D eigenvalue weighted by Gasteiger charge is -2.32. The zero-order chi connectivity index (χ0) is 22.9. The molecule has 1 aliphatic rings. The van der Waals surface area contributed by atoms with E-state index in [-0.39, 0.29) is 31.2 Å². The summed E-state index contributed by atoms with van der Waals surface area (Å²) in [5.74, 6) is 1.06. The van der Waals surface area contributed by atoms with Gasteiger partial charge in [-0.3, -0.25) is 9.59 Å². The summed E-state index contributed by atoms with van der Waals surface area (Å²) in [7, 11) is 1.60. The summed E-state index contributed by atoms with van der Waals surface area (Å²) in [5.41, 5.74) is 0.307. The number of carbonyl (C=O) groups excluding carboxylic acids is 3. The largest absolute Gasteiger partial charge is 0.496 e. The lowest BCUT2D eigenvalue weighted by molar-refractivity contribution is -0.132. The Morgan fingerprint density at radius 3 is 2.42 bits per heavy atom. The van der Waals surface area contributed by atoms with Crippen LogP contribution in [0.15, 0.2) is 24.3 Å². The number of likely N-dealkylation sites (tertiary alicyclic amines) is 1. The number of ether oxygens (including phenoxy) is 2. The number of methoxy groups -OCH3 is 1. The second-order valence-corrected chi connectivity index (χ2v) is 8.80. The highest BCUT2D eigenvalue weighted by Crippen LogP contribution is 2.19. The summed E-state index contributed by atoms with van der Waals surface area (Å²) >= 11 is 0. The topological polar surface area (TPSA) is 97.0 Å². The van der Waals surface area contributed by atoms with Crippen molar-refractivity contribution in [1.82, 2.24) is 15.5 Å². The Morgan fingerprint density at radius 1 is 1.10 bits per heavy atom. The van der Waals surface area contributed by atoms with Crippen LogP contribution in [-0.4, -0.2) is 61.7 Å². The van der Waals surface area contributed by atoms with Gasteiger partial charge in [-0.15, -0.1) is 0 Å². The van der Waals surface area contributed by atoms with Crippen molar-refractivity contribution in [3.05, 3.63) is 29.8 Å². The molecule has 8 heteroatoms. The SMILES string of the molecule is COc1ccccc1CC(=O)NCC1CCN(C(=O)CCNC(=O)OC(C)(C)C)CC1. The first kappa shape index (κ1) is 24.5. The number of carbonyl (C=O) groups is 3. The van der Waals surface area contributed by atoms with Crippen LogP contribution in [0.3, 0.4) is 0 Å². The average Bonchev–Trinajstić information content (AvgIpc) is 2.71. The Morgan fingerprint density at radius 2 is 1.77 bits per heavy atom. The number of para-hydroxylation sites is 1. The number of nitrogens with one attached hydrogen (secondary N) is 2. The molecule has 0 aliphatic carbocycles. The van der Waals surface area contributed by atoms with E-state index in [4.69, 9.17) is 9.47 Å². The molecule has 1 aliphatic heterocycles. The Labute approximate surface area is 184 Å². The van der Waals surface area contributed by atoms with Gasteiger partial charge in [-0.1, -0.05) is 18.2 Å². The molecule has 1 heterocycles. The van der Waals surface area contributed by atoms with Gasteiger partial charge in [0.15, 0.2) is 0 Å². The highest BCUT2D eigenvalue weighted by molar-refractivity contribution is 5.79. The van der Waals surface area contributed by atoms with Crippen LogP contribution < -0.4 is 15.4 Å². The molecular weight excluding hydrogens is 398 g/mol. The fourth-order valence-electron chi connectivity index (χ4n) is 3.47. The number of alkyl carbamates (subject to hydrolysis) is 1. The maximum atomic E-state index is 12.4. The van der Waals surface area contributed by atoms with Gasteiger partial charge >= 0.3 is 6.09 Å². The first-order valence-electron chi connectivity index (χ1n) is 10.8. The number of rotatable bonds is 8. The van der Waals surface area contributed by atoms with E-state index in [0.29, 0.717) is 31.3 Å². The van der Waals surface area contributed by atoms with Crippen LogP contribution in [0.25, 0.3) is 0 Å². The van der Waals surface area contributed by atoms with Crippen LogP contribution in [0.2, 0.25) is 0 Å². The summed E-state index contributed by atoms with van der Waals surface area (Å²) < 4.78 is 10.4. The van der Waals surface area contributed by atoms with Crippen molar-refractivity contribution in [2.45, 2.75) is 52.1 Å². The zero-order valence-electron chi connectivity index (χ0n) is 19.0. The fraction of sp³-hybridized carbons (Fsp3) is 0.609. The normalized spacial score (nSPS) is 14.6. The Hall–Kier alpha value is -2.77. The third kappa shape index (κ3) is 8.86. The number of hydrogen-bond donors (Lipinski definition) is 2. The molecule has 1 aromatic carbocycles. The van der Waals surface area contributed by atoms with Gasteiger partial charge in [0.2, 0.25) is 11.8 Å². The molecule has 3 amide bonds. The van der Waals surface area contributed by atoms with Crippen LogP contribution in [-0.2, 0) is 20.7 Å². The molecule has 0 unspecified atom stereocenters. The summed E-state index contributed by atoms with van der Waals surface area (Å²) in [6.07, 6.45) is 1.72. The molecule has 0 saturated carbocycles.